The highest BCUT2D eigenvalue weighted by Gasteiger charge is 2.76. The molecule has 4 aromatic carbocycles. The summed E-state index contributed by atoms with van der Waals surface area (Å²) in [5.74, 6) is -29.4. The molecule has 0 N–H and O–H groups in total. The number of aliphatic imine (C=N–C) groups is 1. The number of nitriles is 3. The van der Waals surface area contributed by atoms with E-state index in [-0.39, 0.29) is 6.21 Å². The van der Waals surface area contributed by atoms with Crippen LogP contribution in [0.1, 0.15) is 11.1 Å². The molecule has 1 aliphatic carbocycles. The highest BCUT2D eigenvalue weighted by Crippen LogP contribution is 2.62. The molecule has 0 atom stereocenters. The highest BCUT2D eigenvalue weighted by atomic mass is 19.4. The first-order valence-electron chi connectivity index (χ1n) is 12.7. The van der Waals surface area contributed by atoms with Crippen molar-refractivity contribution in [2.75, 3.05) is 7.05 Å². The molecule has 1 aliphatic rings. The minimum atomic E-state index is -7.21. The fraction of sp³-hybridized carbons (Fsp3) is 0.133. The number of fused-ring (bicyclic) bond motifs is 5. The topological polar surface area (TPSA) is 83.7 Å². The van der Waals surface area contributed by atoms with E-state index in [2.05, 4.69) is 4.99 Å². The molecule has 0 fully saturated rings. The average molecular weight is 724 g/mol. The third kappa shape index (κ3) is 4.03. The lowest BCUT2D eigenvalue weighted by molar-refractivity contribution is -0.288. The number of alkyl halides is 6. The maximum atomic E-state index is 16.3. The van der Waals surface area contributed by atoms with Gasteiger partial charge >= 0.3 is 12.4 Å². The molecular formula is C30H4F16N4. The van der Waals surface area contributed by atoms with Crippen LogP contribution in [0.2, 0.25) is 0 Å². The standard InChI is InChI=1S/C30H4F16N4/c1-50-5-7(4-49)9-21(34)17-11(25(38)23(9)36)10-16(28(17,29(41,42)43)30(44,45)46)12-13(26(39)24(10)37)20(33)14-15(19(12)32)27(40)22(35)8(18(14)31)6(2-47)3-48/h5H,1H3/b9-7-,50-5?. The van der Waals surface area contributed by atoms with Crippen molar-refractivity contribution in [3.05, 3.63) is 90.2 Å². The molecule has 0 heterocycles. The molecule has 256 valence electrons. The van der Waals surface area contributed by atoms with Crippen molar-refractivity contribution in [2.45, 2.75) is 17.8 Å². The van der Waals surface area contributed by atoms with Gasteiger partial charge in [0, 0.05) is 40.2 Å². The number of nitrogens with zero attached hydrogens (tertiary/aromatic N) is 4. The second-order valence-electron chi connectivity index (χ2n) is 10.1. The quantitative estimate of drug-likeness (QED) is 0.0921. The van der Waals surface area contributed by atoms with Crippen molar-refractivity contribution in [3.8, 4) is 18.2 Å². The van der Waals surface area contributed by atoms with Gasteiger partial charge in [-0.05, 0) is 0 Å². The van der Waals surface area contributed by atoms with Gasteiger partial charge in [0.15, 0.2) is 34.9 Å². The molecule has 5 rings (SSSR count). The third-order valence-electron chi connectivity index (χ3n) is 7.87. The summed E-state index contributed by atoms with van der Waals surface area (Å²) in [6.45, 7) is 0. The maximum Gasteiger partial charge on any atom is 0.411 e. The second-order valence-corrected chi connectivity index (χ2v) is 10.1. The van der Waals surface area contributed by atoms with Crippen molar-refractivity contribution < 1.29 is 70.2 Å². The molecule has 0 aromatic heterocycles. The summed E-state index contributed by atoms with van der Waals surface area (Å²) in [4.78, 5) is 3.11. The fourth-order valence-corrected chi connectivity index (χ4v) is 6.02. The van der Waals surface area contributed by atoms with Gasteiger partial charge in [-0.3, -0.25) is 4.99 Å². The smallest absolute Gasteiger partial charge is 0.295 e. The van der Waals surface area contributed by atoms with Crippen LogP contribution in [0.4, 0.5) is 70.2 Å². The van der Waals surface area contributed by atoms with Crippen LogP contribution in [0.5, 0.6) is 0 Å². The molecule has 0 aliphatic heterocycles. The van der Waals surface area contributed by atoms with E-state index in [0.29, 0.717) is 0 Å². The zero-order chi connectivity index (χ0) is 37.7. The van der Waals surface area contributed by atoms with Gasteiger partial charge in [0.2, 0.25) is 5.41 Å². The molecule has 50 heavy (non-hydrogen) atoms. The number of hydrogen-bond donors (Lipinski definition) is 0. The van der Waals surface area contributed by atoms with Crippen molar-refractivity contribution >= 4 is 38.9 Å². The van der Waals surface area contributed by atoms with Gasteiger partial charge in [-0.15, -0.1) is 0 Å². The van der Waals surface area contributed by atoms with Crippen molar-refractivity contribution in [2.24, 2.45) is 4.99 Å². The molecule has 4 nitrogen and oxygen atoms in total. The number of rotatable bonds is 1. The van der Waals surface area contributed by atoms with Crippen LogP contribution in [-0.2, 0) is 5.41 Å². The van der Waals surface area contributed by atoms with Crippen molar-refractivity contribution in [1.82, 2.24) is 0 Å². The summed E-state index contributed by atoms with van der Waals surface area (Å²) < 4.78 is 247. The Balaban J connectivity index is 2.38. The Kier molecular flexibility index (Phi) is 7.87. The zero-order valence-electron chi connectivity index (χ0n) is 23.4. The van der Waals surface area contributed by atoms with Gasteiger partial charge in [0.05, 0.1) is 32.2 Å². The number of hydrogen-bond acceptors (Lipinski definition) is 4. The minimum Gasteiger partial charge on any atom is -0.295 e. The summed E-state index contributed by atoms with van der Waals surface area (Å²) in [5.41, 5.74) is -15.9. The first kappa shape index (κ1) is 35.5. The number of halogens is 16. The van der Waals surface area contributed by atoms with E-state index in [1.807, 2.05) is 0 Å². The fourth-order valence-electron chi connectivity index (χ4n) is 6.02. The SMILES string of the molecule is CN=C/C(C#N)=c1\c(F)c(F)c2c(c1F)C(C(F)(F)F)(C(F)(F)F)c1c=2c(F)c(F)c2c(F)c3c(F)c(=C(C#N)C#N)c(F)c(F)c3c(F)c12. The zero-order valence-corrected chi connectivity index (χ0v) is 23.4. The van der Waals surface area contributed by atoms with E-state index >= 15 is 65.9 Å². The molecule has 0 bridgehead atoms. The van der Waals surface area contributed by atoms with Crippen LogP contribution in [0, 0.1) is 103 Å². The molecule has 0 unspecified atom stereocenters. The Morgan fingerprint density at radius 2 is 0.940 bits per heavy atom. The molecule has 0 radical (unpaired) electrons. The Morgan fingerprint density at radius 3 is 1.42 bits per heavy atom. The third-order valence-corrected chi connectivity index (χ3v) is 7.87. The normalized spacial score (nSPS) is 14.4. The van der Waals surface area contributed by atoms with Gasteiger partial charge in [-0.25, -0.2) is 43.9 Å². The summed E-state index contributed by atoms with van der Waals surface area (Å²) in [5, 5.41) is 7.06. The Morgan fingerprint density at radius 1 is 0.520 bits per heavy atom. The average Bonchev–Trinajstić information content (AvgIpc) is 3.38. The van der Waals surface area contributed by atoms with Crippen LogP contribution in [0.25, 0.3) is 32.7 Å². The van der Waals surface area contributed by atoms with E-state index in [1.54, 1.807) is 0 Å². The second kappa shape index (κ2) is 11.1. The van der Waals surface area contributed by atoms with Crippen molar-refractivity contribution in [1.29, 1.82) is 15.8 Å². The molecule has 0 spiro atoms. The molecule has 20 heteroatoms. The van der Waals surface area contributed by atoms with Crippen LogP contribution in [0.15, 0.2) is 4.99 Å². The Bertz CT molecular complexity index is 2640. The van der Waals surface area contributed by atoms with Crippen LogP contribution < -0.4 is 10.4 Å². The van der Waals surface area contributed by atoms with Gasteiger partial charge in [-0.1, -0.05) is 0 Å². The summed E-state index contributed by atoms with van der Waals surface area (Å²) in [6.07, 6.45) is -14.3. The van der Waals surface area contributed by atoms with Gasteiger partial charge < -0.3 is 0 Å². The lowest BCUT2D eigenvalue weighted by atomic mass is 9.73. The number of benzene rings is 4. The molecule has 0 saturated carbocycles. The largest absolute Gasteiger partial charge is 0.411 e. The van der Waals surface area contributed by atoms with E-state index in [9.17, 15) is 9.65 Å². The molecule has 0 amide bonds. The van der Waals surface area contributed by atoms with Crippen LogP contribution >= 0.6 is 0 Å². The monoisotopic (exact) mass is 724 g/mol. The first-order valence-corrected chi connectivity index (χ1v) is 12.7. The summed E-state index contributed by atoms with van der Waals surface area (Å²) >= 11 is 0. The van der Waals surface area contributed by atoms with E-state index in [1.165, 1.54) is 0 Å². The minimum absolute atomic E-state index is 0.150. The van der Waals surface area contributed by atoms with Crippen molar-refractivity contribution in [3.63, 3.8) is 0 Å². The highest BCUT2D eigenvalue weighted by molar-refractivity contribution is 6.08. The lowest BCUT2D eigenvalue weighted by Gasteiger charge is -2.37. The van der Waals surface area contributed by atoms with E-state index in [0.717, 1.165) is 25.3 Å². The van der Waals surface area contributed by atoms with Gasteiger partial charge in [-0.2, -0.15) is 42.1 Å². The molecule has 4 aromatic rings. The predicted octanol–water partition coefficient (Wildman–Crippen LogP) is 6.97. The van der Waals surface area contributed by atoms with Gasteiger partial charge in [0.1, 0.15) is 47.0 Å². The first-order chi connectivity index (χ1) is 23.1. The predicted molar refractivity (Wildman–Crippen MR) is 135 cm³/mol. The molecule has 0 saturated heterocycles. The lowest BCUT2D eigenvalue weighted by Crippen LogP contribution is -2.55. The van der Waals surface area contributed by atoms with E-state index in [4.69, 9.17) is 10.5 Å². The van der Waals surface area contributed by atoms with E-state index < -0.39 is 141 Å². The van der Waals surface area contributed by atoms with Gasteiger partial charge in [0.25, 0.3) is 0 Å². The van der Waals surface area contributed by atoms with Crippen LogP contribution in [0.3, 0.4) is 0 Å². The summed E-state index contributed by atoms with van der Waals surface area (Å²) in [6, 6.07) is 2.61. The Labute approximate surface area is 263 Å². The Hall–Kier alpha value is -5.84. The molecular weight excluding hydrogens is 720 g/mol. The van der Waals surface area contributed by atoms with Crippen LogP contribution in [-0.4, -0.2) is 25.6 Å². The maximum absolute atomic E-state index is 16.3. The summed E-state index contributed by atoms with van der Waals surface area (Å²) in [7, 11) is 0.779.